The van der Waals surface area contributed by atoms with Crippen LogP contribution < -0.4 is 16.0 Å². The first-order valence-electron chi connectivity index (χ1n) is 6.85. The Kier molecular flexibility index (Phi) is 4.92. The minimum absolute atomic E-state index is 0.146. The van der Waals surface area contributed by atoms with Gasteiger partial charge in [0.2, 0.25) is 5.91 Å². The van der Waals surface area contributed by atoms with Crippen molar-refractivity contribution in [3.8, 4) is 0 Å². The third kappa shape index (κ3) is 3.68. The molecule has 0 aromatic carbocycles. The van der Waals surface area contributed by atoms with Gasteiger partial charge in [-0.3, -0.25) is 4.79 Å². The number of nitrogens with two attached hydrogens (primary N) is 1. The van der Waals surface area contributed by atoms with Crippen molar-refractivity contribution in [2.75, 3.05) is 37.5 Å². The Labute approximate surface area is 119 Å². The SMILES string of the molecule is CN(C)c1cc(NC(=O)C(N)C2CCOCC2)ccn1. The molecule has 1 aromatic rings. The summed E-state index contributed by atoms with van der Waals surface area (Å²) in [4.78, 5) is 18.3. The number of anilines is 2. The first-order chi connectivity index (χ1) is 9.58. The normalized spacial score (nSPS) is 17.6. The van der Waals surface area contributed by atoms with Crippen LogP contribution in [-0.4, -0.2) is 44.2 Å². The number of aromatic nitrogens is 1. The van der Waals surface area contributed by atoms with Crippen molar-refractivity contribution in [2.45, 2.75) is 18.9 Å². The van der Waals surface area contributed by atoms with Crippen LogP contribution >= 0.6 is 0 Å². The van der Waals surface area contributed by atoms with E-state index in [1.807, 2.05) is 25.1 Å². The summed E-state index contributed by atoms with van der Waals surface area (Å²) in [5.41, 5.74) is 6.76. The van der Waals surface area contributed by atoms with Crippen molar-refractivity contribution in [3.05, 3.63) is 18.3 Å². The van der Waals surface area contributed by atoms with Gasteiger partial charge in [0.15, 0.2) is 0 Å². The van der Waals surface area contributed by atoms with E-state index in [-0.39, 0.29) is 11.8 Å². The van der Waals surface area contributed by atoms with Crippen LogP contribution in [0.4, 0.5) is 11.5 Å². The predicted molar refractivity (Wildman–Crippen MR) is 78.7 cm³/mol. The predicted octanol–water partition coefficient (Wildman–Crippen LogP) is 0.840. The van der Waals surface area contributed by atoms with Crippen LogP contribution in [0.5, 0.6) is 0 Å². The van der Waals surface area contributed by atoms with E-state index >= 15 is 0 Å². The van der Waals surface area contributed by atoms with Crippen LogP contribution in [0.1, 0.15) is 12.8 Å². The van der Waals surface area contributed by atoms with E-state index in [2.05, 4.69) is 10.3 Å². The molecule has 20 heavy (non-hydrogen) atoms. The molecule has 1 fully saturated rings. The van der Waals surface area contributed by atoms with Crippen molar-refractivity contribution in [1.82, 2.24) is 4.98 Å². The Balaban J connectivity index is 1.98. The van der Waals surface area contributed by atoms with Gasteiger partial charge in [0.1, 0.15) is 5.82 Å². The Bertz CT molecular complexity index is 458. The summed E-state index contributed by atoms with van der Waals surface area (Å²) in [6.45, 7) is 1.37. The van der Waals surface area contributed by atoms with Crippen LogP contribution in [-0.2, 0) is 9.53 Å². The van der Waals surface area contributed by atoms with E-state index in [1.165, 1.54) is 0 Å². The molecule has 0 bridgehead atoms. The largest absolute Gasteiger partial charge is 0.381 e. The standard InChI is InChI=1S/C14H22N4O2/c1-18(2)12-9-11(3-6-16-12)17-14(19)13(15)10-4-7-20-8-5-10/h3,6,9-10,13H,4-5,7-8,15H2,1-2H3,(H,16,17,19). The average Bonchev–Trinajstić information content (AvgIpc) is 2.47. The molecule has 3 N–H and O–H groups in total. The minimum Gasteiger partial charge on any atom is -0.381 e. The first-order valence-corrected chi connectivity index (χ1v) is 6.85. The second-order valence-corrected chi connectivity index (χ2v) is 5.26. The second kappa shape index (κ2) is 6.67. The molecule has 1 aliphatic rings. The smallest absolute Gasteiger partial charge is 0.241 e. The Morgan fingerprint density at radius 2 is 2.20 bits per heavy atom. The molecule has 1 atom stereocenters. The maximum absolute atomic E-state index is 12.2. The third-order valence-corrected chi connectivity index (χ3v) is 3.55. The van der Waals surface area contributed by atoms with Gasteiger partial charge in [0.25, 0.3) is 0 Å². The van der Waals surface area contributed by atoms with Crippen LogP contribution in [0.25, 0.3) is 0 Å². The second-order valence-electron chi connectivity index (χ2n) is 5.26. The molecule has 6 heteroatoms. The fourth-order valence-corrected chi connectivity index (χ4v) is 2.26. The van der Waals surface area contributed by atoms with Gasteiger partial charge < -0.3 is 20.7 Å². The molecular formula is C14H22N4O2. The number of pyridine rings is 1. The van der Waals surface area contributed by atoms with Gasteiger partial charge in [0.05, 0.1) is 6.04 Å². The number of nitrogens with zero attached hydrogens (tertiary/aromatic N) is 2. The zero-order valence-corrected chi connectivity index (χ0v) is 12.0. The van der Waals surface area contributed by atoms with Gasteiger partial charge in [-0.05, 0) is 24.8 Å². The van der Waals surface area contributed by atoms with Crippen LogP contribution in [0.2, 0.25) is 0 Å². The molecule has 0 radical (unpaired) electrons. The molecule has 0 aliphatic carbocycles. The highest BCUT2D eigenvalue weighted by atomic mass is 16.5. The minimum atomic E-state index is -0.491. The molecule has 0 spiro atoms. The zero-order chi connectivity index (χ0) is 14.5. The first kappa shape index (κ1) is 14.7. The molecule has 110 valence electrons. The van der Waals surface area contributed by atoms with Crippen molar-refractivity contribution in [1.29, 1.82) is 0 Å². The quantitative estimate of drug-likeness (QED) is 0.853. The summed E-state index contributed by atoms with van der Waals surface area (Å²) in [6, 6.07) is 3.10. The highest BCUT2D eigenvalue weighted by Crippen LogP contribution is 2.19. The molecule has 2 heterocycles. The summed E-state index contributed by atoms with van der Waals surface area (Å²) in [7, 11) is 3.81. The molecular weight excluding hydrogens is 256 g/mol. The Hall–Kier alpha value is -1.66. The highest BCUT2D eigenvalue weighted by molar-refractivity contribution is 5.95. The van der Waals surface area contributed by atoms with E-state index in [4.69, 9.17) is 10.5 Å². The van der Waals surface area contributed by atoms with E-state index in [1.54, 1.807) is 12.3 Å². The van der Waals surface area contributed by atoms with Gasteiger partial charge >= 0.3 is 0 Å². The van der Waals surface area contributed by atoms with Crippen LogP contribution in [0.15, 0.2) is 18.3 Å². The number of amides is 1. The van der Waals surface area contributed by atoms with Crippen molar-refractivity contribution < 1.29 is 9.53 Å². The fraction of sp³-hybridized carbons (Fsp3) is 0.571. The molecule has 1 aliphatic heterocycles. The molecule has 1 unspecified atom stereocenters. The molecule has 1 aromatic heterocycles. The van der Waals surface area contributed by atoms with Gasteiger partial charge in [-0.1, -0.05) is 0 Å². The fourth-order valence-electron chi connectivity index (χ4n) is 2.26. The number of carbonyl (C=O) groups excluding carboxylic acids is 1. The zero-order valence-electron chi connectivity index (χ0n) is 12.0. The number of carbonyl (C=O) groups is 1. The van der Waals surface area contributed by atoms with Crippen LogP contribution in [0.3, 0.4) is 0 Å². The van der Waals surface area contributed by atoms with Gasteiger partial charge in [-0.2, -0.15) is 0 Å². The number of hydrogen-bond acceptors (Lipinski definition) is 5. The number of ether oxygens (including phenoxy) is 1. The summed E-state index contributed by atoms with van der Waals surface area (Å²) >= 11 is 0. The summed E-state index contributed by atoms with van der Waals surface area (Å²) in [5, 5.41) is 2.86. The lowest BCUT2D eigenvalue weighted by atomic mass is 9.92. The summed E-state index contributed by atoms with van der Waals surface area (Å²) < 4.78 is 5.29. The van der Waals surface area contributed by atoms with Crippen molar-refractivity contribution >= 4 is 17.4 Å². The molecule has 6 nitrogen and oxygen atoms in total. The number of nitrogens with one attached hydrogen (secondary N) is 1. The van der Waals surface area contributed by atoms with Gasteiger partial charge in [-0.25, -0.2) is 4.98 Å². The van der Waals surface area contributed by atoms with Gasteiger partial charge in [-0.15, -0.1) is 0 Å². The van der Waals surface area contributed by atoms with E-state index in [0.717, 1.165) is 24.3 Å². The van der Waals surface area contributed by atoms with E-state index in [0.29, 0.717) is 13.2 Å². The molecule has 1 amide bonds. The Morgan fingerprint density at radius 3 is 2.85 bits per heavy atom. The lowest BCUT2D eigenvalue weighted by molar-refractivity contribution is -0.119. The number of hydrogen-bond donors (Lipinski definition) is 2. The van der Waals surface area contributed by atoms with Gasteiger partial charge in [0, 0.05) is 45.3 Å². The highest BCUT2D eigenvalue weighted by Gasteiger charge is 2.26. The Morgan fingerprint density at radius 1 is 1.50 bits per heavy atom. The maximum Gasteiger partial charge on any atom is 0.241 e. The average molecular weight is 278 g/mol. The summed E-state index contributed by atoms with van der Waals surface area (Å²) in [5.74, 6) is 0.842. The molecule has 1 saturated heterocycles. The van der Waals surface area contributed by atoms with Crippen molar-refractivity contribution in [3.63, 3.8) is 0 Å². The van der Waals surface area contributed by atoms with E-state index in [9.17, 15) is 4.79 Å². The summed E-state index contributed by atoms with van der Waals surface area (Å²) in [6.07, 6.45) is 3.35. The molecule has 2 rings (SSSR count). The lowest BCUT2D eigenvalue weighted by Crippen LogP contribution is -2.44. The number of rotatable bonds is 4. The van der Waals surface area contributed by atoms with E-state index < -0.39 is 6.04 Å². The topological polar surface area (TPSA) is 80.5 Å². The third-order valence-electron chi connectivity index (χ3n) is 3.55. The van der Waals surface area contributed by atoms with Crippen LogP contribution in [0, 0.1) is 5.92 Å². The maximum atomic E-state index is 12.2. The molecule has 0 saturated carbocycles. The van der Waals surface area contributed by atoms with Crippen molar-refractivity contribution in [2.24, 2.45) is 11.7 Å². The monoisotopic (exact) mass is 278 g/mol. The lowest BCUT2D eigenvalue weighted by Gasteiger charge is -2.26.